The molecule has 6 nitrogen and oxygen atoms in total. The molecule has 0 radical (unpaired) electrons. The van der Waals surface area contributed by atoms with Crippen molar-refractivity contribution in [2.24, 2.45) is 0 Å². The number of aryl methyl sites for hydroxylation is 1. The Morgan fingerprint density at radius 1 is 1.19 bits per heavy atom. The maximum atomic E-state index is 12.8. The summed E-state index contributed by atoms with van der Waals surface area (Å²) < 4.78 is 1.67. The van der Waals surface area contributed by atoms with Crippen LogP contribution < -0.4 is 15.8 Å². The van der Waals surface area contributed by atoms with Crippen molar-refractivity contribution in [2.75, 3.05) is 19.0 Å². The van der Waals surface area contributed by atoms with Crippen molar-refractivity contribution in [3.05, 3.63) is 34.6 Å². The highest BCUT2D eigenvalue weighted by Gasteiger charge is 2.16. The van der Waals surface area contributed by atoms with Gasteiger partial charge in [-0.3, -0.25) is 9.59 Å². The van der Waals surface area contributed by atoms with Gasteiger partial charge in [-0.05, 0) is 25.0 Å². The first kappa shape index (κ1) is 18.4. The van der Waals surface area contributed by atoms with Crippen LogP contribution in [-0.2, 0) is 11.3 Å². The summed E-state index contributed by atoms with van der Waals surface area (Å²) >= 11 is 0. The van der Waals surface area contributed by atoms with E-state index >= 15 is 0 Å². The molecule has 2 aromatic rings. The number of rotatable bonds is 5. The Kier molecular flexibility index (Phi) is 5.91. The number of anilines is 1. The lowest BCUT2D eigenvalue weighted by Crippen LogP contribution is -2.36. The Morgan fingerprint density at radius 2 is 1.88 bits per heavy atom. The van der Waals surface area contributed by atoms with E-state index in [1.165, 1.54) is 25.7 Å². The van der Waals surface area contributed by atoms with Gasteiger partial charge in [0, 0.05) is 33.1 Å². The van der Waals surface area contributed by atoms with Crippen LogP contribution in [0.2, 0.25) is 0 Å². The molecule has 6 heteroatoms. The number of amides is 1. The van der Waals surface area contributed by atoms with Crippen LogP contribution in [0.15, 0.2) is 29.1 Å². The van der Waals surface area contributed by atoms with Crippen molar-refractivity contribution < 1.29 is 4.79 Å². The second-order valence-electron chi connectivity index (χ2n) is 7.28. The standard InChI is InChI=1S/C20H28N4O2/c1-23(2)19-20(26)24(17-12-8-7-11-16(17)22-19)14-13-18(25)21-15-9-5-3-4-6-10-15/h7-8,11-12,15H,3-6,9-10,13-14H2,1-2H3,(H,21,25). The molecule has 1 aromatic heterocycles. The van der Waals surface area contributed by atoms with Crippen LogP contribution in [0.5, 0.6) is 0 Å². The molecule has 0 aliphatic heterocycles. The zero-order valence-corrected chi connectivity index (χ0v) is 15.7. The number of para-hydroxylation sites is 2. The molecule has 0 unspecified atom stereocenters. The Morgan fingerprint density at radius 3 is 2.58 bits per heavy atom. The number of hydrogen-bond acceptors (Lipinski definition) is 4. The molecular weight excluding hydrogens is 328 g/mol. The molecule has 1 N–H and O–H groups in total. The van der Waals surface area contributed by atoms with Gasteiger partial charge >= 0.3 is 0 Å². The van der Waals surface area contributed by atoms with Gasteiger partial charge in [0.15, 0.2) is 5.82 Å². The molecule has 140 valence electrons. The minimum atomic E-state index is -0.157. The Hall–Kier alpha value is -2.37. The highest BCUT2D eigenvalue weighted by Crippen LogP contribution is 2.17. The van der Waals surface area contributed by atoms with Crippen molar-refractivity contribution in [3.8, 4) is 0 Å². The zero-order chi connectivity index (χ0) is 18.5. The van der Waals surface area contributed by atoms with Crippen LogP contribution in [0.25, 0.3) is 11.0 Å². The third-order valence-corrected chi connectivity index (χ3v) is 5.04. The van der Waals surface area contributed by atoms with Crippen LogP contribution >= 0.6 is 0 Å². The molecule has 1 aromatic carbocycles. The number of nitrogens with zero attached hydrogens (tertiary/aromatic N) is 3. The molecule has 1 saturated carbocycles. The SMILES string of the molecule is CN(C)c1nc2ccccc2n(CCC(=O)NC2CCCCCC2)c1=O. The summed E-state index contributed by atoms with van der Waals surface area (Å²) in [5, 5.41) is 3.15. The molecule has 1 heterocycles. The van der Waals surface area contributed by atoms with Crippen molar-refractivity contribution in [2.45, 2.75) is 57.5 Å². The van der Waals surface area contributed by atoms with Gasteiger partial charge in [-0.15, -0.1) is 0 Å². The number of nitrogens with one attached hydrogen (secondary N) is 1. The average Bonchev–Trinajstić information content (AvgIpc) is 2.89. The minimum Gasteiger partial charge on any atom is -0.358 e. The fourth-order valence-electron chi connectivity index (χ4n) is 3.63. The molecule has 1 aliphatic rings. The van der Waals surface area contributed by atoms with Gasteiger partial charge in [0.25, 0.3) is 5.56 Å². The lowest BCUT2D eigenvalue weighted by atomic mass is 10.1. The van der Waals surface area contributed by atoms with Crippen molar-refractivity contribution >= 4 is 22.8 Å². The van der Waals surface area contributed by atoms with Gasteiger partial charge in [0.2, 0.25) is 5.91 Å². The molecular formula is C20H28N4O2. The molecule has 1 fully saturated rings. The smallest absolute Gasteiger partial charge is 0.293 e. The monoisotopic (exact) mass is 356 g/mol. The third kappa shape index (κ3) is 4.23. The van der Waals surface area contributed by atoms with E-state index in [0.29, 0.717) is 18.8 Å². The van der Waals surface area contributed by atoms with Gasteiger partial charge in [-0.25, -0.2) is 4.98 Å². The fourth-order valence-corrected chi connectivity index (χ4v) is 3.63. The Bertz CT molecular complexity index is 820. The molecule has 3 rings (SSSR count). The second-order valence-corrected chi connectivity index (χ2v) is 7.28. The maximum Gasteiger partial charge on any atom is 0.293 e. The number of carbonyl (C=O) groups excluding carboxylic acids is 1. The van der Waals surface area contributed by atoms with E-state index in [0.717, 1.165) is 23.9 Å². The van der Waals surface area contributed by atoms with Crippen molar-refractivity contribution in [1.29, 1.82) is 0 Å². The third-order valence-electron chi connectivity index (χ3n) is 5.04. The largest absolute Gasteiger partial charge is 0.358 e. The van der Waals surface area contributed by atoms with E-state index < -0.39 is 0 Å². The first-order chi connectivity index (χ1) is 12.6. The van der Waals surface area contributed by atoms with Crippen LogP contribution in [0.3, 0.4) is 0 Å². The quantitative estimate of drug-likeness (QED) is 0.837. The predicted octanol–water partition coefficient (Wildman–Crippen LogP) is 2.69. The fraction of sp³-hybridized carbons (Fsp3) is 0.550. The molecule has 1 amide bonds. The number of carbonyl (C=O) groups is 1. The number of hydrogen-bond donors (Lipinski definition) is 1. The van der Waals surface area contributed by atoms with Gasteiger partial charge in [-0.1, -0.05) is 37.8 Å². The highest BCUT2D eigenvalue weighted by molar-refractivity contribution is 5.78. The lowest BCUT2D eigenvalue weighted by Gasteiger charge is -2.18. The van der Waals surface area contributed by atoms with Crippen molar-refractivity contribution in [3.63, 3.8) is 0 Å². The average molecular weight is 356 g/mol. The van der Waals surface area contributed by atoms with E-state index in [1.807, 2.05) is 38.4 Å². The zero-order valence-electron chi connectivity index (χ0n) is 15.7. The Labute approximate surface area is 154 Å². The van der Waals surface area contributed by atoms with Crippen LogP contribution in [0.1, 0.15) is 44.9 Å². The first-order valence-corrected chi connectivity index (χ1v) is 9.52. The number of fused-ring (bicyclic) bond motifs is 1. The van der Waals surface area contributed by atoms with Crippen LogP contribution in [0, 0.1) is 0 Å². The summed E-state index contributed by atoms with van der Waals surface area (Å²) in [5.41, 5.74) is 1.38. The van der Waals surface area contributed by atoms with Gasteiger partial charge in [0.05, 0.1) is 11.0 Å². The summed E-state index contributed by atoms with van der Waals surface area (Å²) in [7, 11) is 3.61. The normalized spacial score (nSPS) is 15.6. The summed E-state index contributed by atoms with van der Waals surface area (Å²) in [6.07, 6.45) is 7.33. The van der Waals surface area contributed by atoms with Crippen molar-refractivity contribution in [1.82, 2.24) is 14.9 Å². The molecule has 0 spiro atoms. The molecule has 1 aliphatic carbocycles. The van der Waals surface area contributed by atoms with E-state index in [2.05, 4.69) is 10.3 Å². The van der Waals surface area contributed by atoms with Gasteiger partial charge in [0.1, 0.15) is 0 Å². The minimum absolute atomic E-state index is 0.0242. The summed E-state index contributed by atoms with van der Waals surface area (Å²) in [4.78, 5) is 31.4. The van der Waals surface area contributed by atoms with E-state index in [9.17, 15) is 9.59 Å². The van der Waals surface area contributed by atoms with E-state index in [4.69, 9.17) is 0 Å². The maximum absolute atomic E-state index is 12.8. The molecule has 0 atom stereocenters. The van der Waals surface area contributed by atoms with Crippen LogP contribution in [0.4, 0.5) is 5.82 Å². The predicted molar refractivity (Wildman–Crippen MR) is 105 cm³/mol. The highest BCUT2D eigenvalue weighted by atomic mass is 16.2. The second kappa shape index (κ2) is 8.34. The van der Waals surface area contributed by atoms with E-state index in [-0.39, 0.29) is 17.5 Å². The van der Waals surface area contributed by atoms with Gasteiger partial charge in [-0.2, -0.15) is 0 Å². The van der Waals surface area contributed by atoms with Crippen LogP contribution in [-0.4, -0.2) is 35.6 Å². The Balaban J connectivity index is 1.76. The first-order valence-electron chi connectivity index (χ1n) is 9.52. The summed E-state index contributed by atoms with van der Waals surface area (Å²) in [5.74, 6) is 0.420. The molecule has 26 heavy (non-hydrogen) atoms. The lowest BCUT2D eigenvalue weighted by molar-refractivity contribution is -0.122. The molecule has 0 bridgehead atoms. The molecule has 0 saturated heterocycles. The number of benzene rings is 1. The number of aromatic nitrogens is 2. The summed E-state index contributed by atoms with van der Waals surface area (Å²) in [6, 6.07) is 7.85. The topological polar surface area (TPSA) is 67.2 Å². The van der Waals surface area contributed by atoms with E-state index in [1.54, 1.807) is 9.47 Å². The summed E-state index contributed by atoms with van der Waals surface area (Å²) in [6.45, 7) is 0.362. The van der Waals surface area contributed by atoms with Gasteiger partial charge < -0.3 is 14.8 Å².